The van der Waals surface area contributed by atoms with E-state index in [-0.39, 0.29) is 11.9 Å². The third kappa shape index (κ3) is 2.72. The molecule has 4 heterocycles. The molecule has 0 radical (unpaired) electrons. The summed E-state index contributed by atoms with van der Waals surface area (Å²) in [7, 11) is 0. The molecule has 4 rings (SSSR count). The molecular weight excluding hydrogens is 334 g/mol. The lowest BCUT2D eigenvalue weighted by atomic mass is 10.00. The molecule has 0 fully saturated rings. The molecule has 0 saturated heterocycles. The van der Waals surface area contributed by atoms with Gasteiger partial charge in [-0.15, -0.1) is 11.3 Å². The Bertz CT molecular complexity index is 944. The fourth-order valence-corrected chi connectivity index (χ4v) is 4.71. The fraction of sp³-hybridized carbons (Fsp3) is 0.444. The predicted molar refractivity (Wildman–Crippen MR) is 96.7 cm³/mol. The van der Waals surface area contributed by atoms with Crippen molar-refractivity contribution in [2.24, 2.45) is 0 Å². The zero-order chi connectivity index (χ0) is 17.6. The summed E-state index contributed by atoms with van der Waals surface area (Å²) in [6, 6.07) is 2.32. The molecule has 1 aliphatic rings. The van der Waals surface area contributed by atoms with Crippen LogP contribution in [0.1, 0.15) is 46.8 Å². The van der Waals surface area contributed by atoms with Crippen molar-refractivity contribution in [3.8, 4) is 0 Å². The highest BCUT2D eigenvalue weighted by Crippen LogP contribution is 2.33. The molecule has 0 aromatic carbocycles. The molecule has 0 spiro atoms. The molecule has 7 heteroatoms. The van der Waals surface area contributed by atoms with Gasteiger partial charge in [0.15, 0.2) is 0 Å². The number of amides is 1. The summed E-state index contributed by atoms with van der Waals surface area (Å²) in [5.41, 5.74) is 4.34. The van der Waals surface area contributed by atoms with Gasteiger partial charge in [0, 0.05) is 29.2 Å². The van der Waals surface area contributed by atoms with Crippen LogP contribution in [-0.2, 0) is 17.6 Å². The number of nitrogens with zero attached hydrogens (tertiary/aromatic N) is 5. The van der Waals surface area contributed by atoms with Gasteiger partial charge in [-0.1, -0.05) is 0 Å². The van der Waals surface area contributed by atoms with Gasteiger partial charge in [-0.2, -0.15) is 10.1 Å². The lowest BCUT2D eigenvalue weighted by molar-refractivity contribution is -0.133. The molecule has 0 saturated carbocycles. The number of aromatic nitrogens is 4. The normalized spacial score (nSPS) is 17.1. The maximum absolute atomic E-state index is 12.8. The first-order valence-corrected chi connectivity index (χ1v) is 9.45. The van der Waals surface area contributed by atoms with E-state index in [1.54, 1.807) is 15.9 Å². The number of hydrogen-bond donors (Lipinski definition) is 0. The Morgan fingerprint density at radius 3 is 3.08 bits per heavy atom. The monoisotopic (exact) mass is 355 g/mol. The standard InChI is InChI=1S/C18H21N5OS/c1-11-14(13(3)23-18(21-11)19-10-20-23)4-5-17(24)22-8-6-16-15(12(22)2)7-9-25-16/h7,9-10,12H,4-6,8H2,1-3H3/t12-/m1/s1. The van der Waals surface area contributed by atoms with Crippen LogP contribution in [0.5, 0.6) is 0 Å². The van der Waals surface area contributed by atoms with Crippen LogP contribution in [0.2, 0.25) is 0 Å². The van der Waals surface area contributed by atoms with Gasteiger partial charge in [-0.3, -0.25) is 4.79 Å². The van der Waals surface area contributed by atoms with Gasteiger partial charge in [-0.25, -0.2) is 9.50 Å². The highest BCUT2D eigenvalue weighted by Gasteiger charge is 2.28. The molecule has 6 nitrogen and oxygen atoms in total. The molecule has 0 N–H and O–H groups in total. The third-order valence-corrected chi connectivity index (χ3v) is 6.17. The topological polar surface area (TPSA) is 63.4 Å². The summed E-state index contributed by atoms with van der Waals surface area (Å²) in [4.78, 5) is 24.9. The maximum Gasteiger partial charge on any atom is 0.252 e. The minimum Gasteiger partial charge on any atom is -0.336 e. The Kier molecular flexibility index (Phi) is 4.03. The fourth-order valence-electron chi connectivity index (χ4n) is 3.74. The number of thiophene rings is 1. The van der Waals surface area contributed by atoms with Crippen LogP contribution in [0.25, 0.3) is 5.78 Å². The van der Waals surface area contributed by atoms with Crippen molar-refractivity contribution in [3.05, 3.63) is 45.2 Å². The van der Waals surface area contributed by atoms with E-state index >= 15 is 0 Å². The Balaban J connectivity index is 1.51. The molecule has 3 aromatic heterocycles. The van der Waals surface area contributed by atoms with Crippen LogP contribution < -0.4 is 0 Å². The van der Waals surface area contributed by atoms with E-state index in [0.29, 0.717) is 18.6 Å². The van der Waals surface area contributed by atoms with Crippen LogP contribution in [-0.4, -0.2) is 36.9 Å². The molecular formula is C18H21N5OS. The SMILES string of the molecule is Cc1nc2ncnn2c(C)c1CCC(=O)N1CCc2sccc2[C@H]1C. The van der Waals surface area contributed by atoms with Crippen molar-refractivity contribution in [1.82, 2.24) is 24.5 Å². The minimum absolute atomic E-state index is 0.167. The van der Waals surface area contributed by atoms with E-state index < -0.39 is 0 Å². The average Bonchev–Trinajstić information content (AvgIpc) is 3.23. The first-order chi connectivity index (χ1) is 12.1. The van der Waals surface area contributed by atoms with Gasteiger partial charge >= 0.3 is 0 Å². The quantitative estimate of drug-likeness (QED) is 0.725. The van der Waals surface area contributed by atoms with Crippen molar-refractivity contribution in [2.75, 3.05) is 6.54 Å². The van der Waals surface area contributed by atoms with Crippen LogP contribution in [0.3, 0.4) is 0 Å². The predicted octanol–water partition coefficient (Wildman–Crippen LogP) is 2.88. The van der Waals surface area contributed by atoms with Crippen molar-refractivity contribution in [3.63, 3.8) is 0 Å². The van der Waals surface area contributed by atoms with Crippen LogP contribution >= 0.6 is 11.3 Å². The molecule has 0 unspecified atom stereocenters. The largest absolute Gasteiger partial charge is 0.336 e. The van der Waals surface area contributed by atoms with Crippen LogP contribution in [0.4, 0.5) is 0 Å². The number of rotatable bonds is 3. The lowest BCUT2D eigenvalue weighted by Gasteiger charge is -2.33. The van der Waals surface area contributed by atoms with E-state index in [1.807, 2.05) is 18.7 Å². The Labute approximate surface area is 150 Å². The van der Waals surface area contributed by atoms with E-state index in [2.05, 4.69) is 33.4 Å². The second kappa shape index (κ2) is 6.22. The third-order valence-electron chi connectivity index (χ3n) is 5.18. The molecule has 1 aliphatic heterocycles. The highest BCUT2D eigenvalue weighted by atomic mass is 32.1. The van der Waals surface area contributed by atoms with Crippen LogP contribution in [0, 0.1) is 13.8 Å². The summed E-state index contributed by atoms with van der Waals surface area (Å²) in [6.07, 6.45) is 3.65. The van der Waals surface area contributed by atoms with E-state index in [9.17, 15) is 4.79 Å². The minimum atomic E-state index is 0.167. The molecule has 130 valence electrons. The van der Waals surface area contributed by atoms with E-state index in [4.69, 9.17) is 0 Å². The second-order valence-corrected chi connectivity index (χ2v) is 7.55. The summed E-state index contributed by atoms with van der Waals surface area (Å²) in [5, 5.41) is 6.34. The molecule has 1 amide bonds. The number of aryl methyl sites for hydroxylation is 2. The number of carbonyl (C=O) groups is 1. The van der Waals surface area contributed by atoms with E-state index in [1.165, 1.54) is 16.8 Å². The lowest BCUT2D eigenvalue weighted by Crippen LogP contribution is -2.38. The molecule has 3 aromatic rings. The van der Waals surface area contributed by atoms with Gasteiger partial charge in [0.25, 0.3) is 5.78 Å². The number of carbonyl (C=O) groups excluding carboxylic acids is 1. The molecule has 0 bridgehead atoms. The van der Waals surface area contributed by atoms with Crippen molar-refractivity contribution < 1.29 is 4.79 Å². The number of fused-ring (bicyclic) bond motifs is 2. The Morgan fingerprint density at radius 1 is 1.40 bits per heavy atom. The summed E-state index contributed by atoms with van der Waals surface area (Å²) >= 11 is 1.80. The van der Waals surface area contributed by atoms with Gasteiger partial charge in [0.05, 0.1) is 6.04 Å². The van der Waals surface area contributed by atoms with Crippen molar-refractivity contribution >= 4 is 23.0 Å². The Hall–Kier alpha value is -2.28. The maximum atomic E-state index is 12.8. The summed E-state index contributed by atoms with van der Waals surface area (Å²) in [5.74, 6) is 0.821. The van der Waals surface area contributed by atoms with E-state index in [0.717, 1.165) is 29.9 Å². The first kappa shape index (κ1) is 16.2. The van der Waals surface area contributed by atoms with Crippen LogP contribution in [0.15, 0.2) is 17.8 Å². The summed E-state index contributed by atoms with van der Waals surface area (Å²) in [6.45, 7) is 6.92. The highest BCUT2D eigenvalue weighted by molar-refractivity contribution is 7.10. The van der Waals surface area contributed by atoms with Crippen molar-refractivity contribution in [2.45, 2.75) is 46.1 Å². The summed E-state index contributed by atoms with van der Waals surface area (Å²) < 4.78 is 1.74. The zero-order valence-corrected chi connectivity index (χ0v) is 15.5. The second-order valence-electron chi connectivity index (χ2n) is 6.55. The molecule has 25 heavy (non-hydrogen) atoms. The Morgan fingerprint density at radius 2 is 2.24 bits per heavy atom. The molecule has 1 atom stereocenters. The van der Waals surface area contributed by atoms with Gasteiger partial charge in [0.1, 0.15) is 6.33 Å². The smallest absolute Gasteiger partial charge is 0.252 e. The molecule has 0 aliphatic carbocycles. The number of hydrogen-bond acceptors (Lipinski definition) is 5. The first-order valence-electron chi connectivity index (χ1n) is 8.58. The van der Waals surface area contributed by atoms with Crippen molar-refractivity contribution in [1.29, 1.82) is 0 Å². The van der Waals surface area contributed by atoms with Gasteiger partial charge < -0.3 is 4.90 Å². The zero-order valence-electron chi connectivity index (χ0n) is 14.7. The van der Waals surface area contributed by atoms with Gasteiger partial charge in [0.2, 0.25) is 5.91 Å². The van der Waals surface area contributed by atoms with Gasteiger partial charge in [-0.05, 0) is 56.2 Å². The average molecular weight is 355 g/mol.